The minimum atomic E-state index is -0.391. The van der Waals surface area contributed by atoms with E-state index in [9.17, 15) is 4.79 Å². The lowest BCUT2D eigenvalue weighted by atomic mass is 9.73. The van der Waals surface area contributed by atoms with Crippen molar-refractivity contribution in [3.8, 4) is 0 Å². The summed E-state index contributed by atoms with van der Waals surface area (Å²) in [6.45, 7) is 0.962. The lowest BCUT2D eigenvalue weighted by Crippen LogP contribution is -2.41. The predicted octanol–water partition coefficient (Wildman–Crippen LogP) is 5.18. The number of carbonyl (C=O) groups is 1. The molecular weight excluding hydrogens is 336 g/mol. The minimum absolute atomic E-state index is 0.0983. The SMILES string of the molecule is O=C(c1ccccc1)[C@@H]1OC(COCc2ccccc2)=C[C@@H]2CCCC[C@H]21. The first-order valence-electron chi connectivity index (χ1n) is 9.89. The predicted molar refractivity (Wildman–Crippen MR) is 105 cm³/mol. The Bertz CT molecular complexity index is 782. The highest BCUT2D eigenvalue weighted by Gasteiger charge is 2.40. The van der Waals surface area contributed by atoms with Crippen LogP contribution in [0.25, 0.3) is 0 Å². The van der Waals surface area contributed by atoms with Gasteiger partial charge in [-0.1, -0.05) is 73.5 Å². The van der Waals surface area contributed by atoms with Crippen LogP contribution in [0.15, 0.2) is 72.5 Å². The van der Waals surface area contributed by atoms with E-state index in [1.807, 2.05) is 48.5 Å². The molecule has 27 heavy (non-hydrogen) atoms. The van der Waals surface area contributed by atoms with Crippen molar-refractivity contribution in [3.05, 3.63) is 83.6 Å². The molecule has 0 radical (unpaired) electrons. The van der Waals surface area contributed by atoms with E-state index in [1.165, 1.54) is 12.8 Å². The van der Waals surface area contributed by atoms with Crippen LogP contribution >= 0.6 is 0 Å². The molecule has 2 aromatic rings. The van der Waals surface area contributed by atoms with Gasteiger partial charge in [0.05, 0.1) is 6.61 Å². The lowest BCUT2D eigenvalue weighted by Gasteiger charge is -2.39. The number of allylic oxidation sites excluding steroid dienone is 1. The fraction of sp³-hybridized carbons (Fsp3) is 0.375. The Morgan fingerprint density at radius 3 is 2.41 bits per heavy atom. The maximum Gasteiger partial charge on any atom is 0.203 e. The number of carbonyl (C=O) groups excluding carboxylic acids is 1. The van der Waals surface area contributed by atoms with Crippen molar-refractivity contribution >= 4 is 5.78 Å². The van der Waals surface area contributed by atoms with Gasteiger partial charge in [0.15, 0.2) is 6.10 Å². The Labute approximate surface area is 161 Å². The summed E-state index contributed by atoms with van der Waals surface area (Å²) >= 11 is 0. The zero-order valence-electron chi connectivity index (χ0n) is 15.6. The molecule has 1 aliphatic carbocycles. The number of fused-ring (bicyclic) bond motifs is 1. The number of benzene rings is 2. The Balaban J connectivity index is 1.46. The fourth-order valence-corrected chi connectivity index (χ4v) is 4.24. The Morgan fingerprint density at radius 1 is 0.926 bits per heavy atom. The number of Topliss-reactive ketones (excluding diaryl/α,β-unsaturated/α-hetero) is 1. The van der Waals surface area contributed by atoms with Gasteiger partial charge in [0.25, 0.3) is 0 Å². The van der Waals surface area contributed by atoms with E-state index < -0.39 is 6.10 Å². The molecule has 0 amide bonds. The molecule has 3 heteroatoms. The van der Waals surface area contributed by atoms with Crippen LogP contribution in [-0.4, -0.2) is 18.5 Å². The molecule has 0 saturated heterocycles. The van der Waals surface area contributed by atoms with Gasteiger partial charge < -0.3 is 9.47 Å². The summed E-state index contributed by atoms with van der Waals surface area (Å²) in [6.07, 6.45) is 6.41. The maximum atomic E-state index is 13.1. The average Bonchev–Trinajstić information content (AvgIpc) is 2.74. The molecule has 1 fully saturated rings. The summed E-state index contributed by atoms with van der Waals surface area (Å²) < 4.78 is 12.1. The van der Waals surface area contributed by atoms with Crippen LogP contribution in [0.3, 0.4) is 0 Å². The zero-order chi connectivity index (χ0) is 18.5. The van der Waals surface area contributed by atoms with Crippen molar-refractivity contribution in [2.75, 3.05) is 6.61 Å². The van der Waals surface area contributed by atoms with Crippen molar-refractivity contribution in [2.24, 2.45) is 11.8 Å². The van der Waals surface area contributed by atoms with Gasteiger partial charge in [0.1, 0.15) is 12.4 Å². The first-order chi connectivity index (χ1) is 13.3. The molecule has 0 spiro atoms. The first-order valence-corrected chi connectivity index (χ1v) is 9.89. The highest BCUT2D eigenvalue weighted by molar-refractivity contribution is 5.99. The van der Waals surface area contributed by atoms with Gasteiger partial charge in [0, 0.05) is 11.5 Å². The molecule has 3 nitrogen and oxygen atoms in total. The second-order valence-corrected chi connectivity index (χ2v) is 7.49. The minimum Gasteiger partial charge on any atom is -0.484 e. The van der Waals surface area contributed by atoms with Crippen molar-refractivity contribution < 1.29 is 14.3 Å². The van der Waals surface area contributed by atoms with Gasteiger partial charge in [-0.05, 0) is 30.4 Å². The second-order valence-electron chi connectivity index (χ2n) is 7.49. The molecule has 0 unspecified atom stereocenters. The summed E-state index contributed by atoms with van der Waals surface area (Å²) in [5.41, 5.74) is 1.87. The van der Waals surface area contributed by atoms with Crippen molar-refractivity contribution in [1.29, 1.82) is 0 Å². The first kappa shape index (κ1) is 18.0. The molecule has 0 bridgehead atoms. The average molecular weight is 362 g/mol. The molecule has 0 N–H and O–H groups in total. The molecule has 1 aliphatic heterocycles. The number of rotatable bonds is 6. The topological polar surface area (TPSA) is 35.5 Å². The van der Waals surface area contributed by atoms with E-state index in [0.29, 0.717) is 19.1 Å². The van der Waals surface area contributed by atoms with E-state index in [2.05, 4.69) is 18.2 Å². The van der Waals surface area contributed by atoms with E-state index in [1.54, 1.807) is 0 Å². The molecule has 140 valence electrons. The smallest absolute Gasteiger partial charge is 0.203 e. The van der Waals surface area contributed by atoms with Crippen LogP contribution in [0.5, 0.6) is 0 Å². The number of ether oxygens (including phenoxy) is 2. The summed E-state index contributed by atoms with van der Waals surface area (Å²) in [7, 11) is 0. The third-order valence-corrected chi connectivity index (χ3v) is 5.61. The molecule has 2 aromatic carbocycles. The third kappa shape index (κ3) is 4.30. The molecule has 0 aromatic heterocycles. The van der Waals surface area contributed by atoms with Crippen LogP contribution < -0.4 is 0 Å². The van der Waals surface area contributed by atoms with Gasteiger partial charge in [-0.15, -0.1) is 0 Å². The van der Waals surface area contributed by atoms with Crippen LogP contribution in [0.2, 0.25) is 0 Å². The maximum absolute atomic E-state index is 13.1. The summed E-state index contributed by atoms with van der Waals surface area (Å²) in [5, 5.41) is 0. The Hall–Kier alpha value is -2.39. The molecule has 1 heterocycles. The van der Waals surface area contributed by atoms with Gasteiger partial charge in [-0.3, -0.25) is 4.79 Å². The molecule has 1 saturated carbocycles. The standard InChI is InChI=1S/C24H26O3/c25-23(19-11-5-2-6-12-19)24-22-14-8-7-13-20(22)15-21(27-24)17-26-16-18-9-3-1-4-10-18/h1-6,9-12,15,20,22,24H,7-8,13-14,16-17H2/t20-,22+,24+/m0/s1. The normalized spacial score (nSPS) is 24.4. The quantitative estimate of drug-likeness (QED) is 0.665. The third-order valence-electron chi connectivity index (χ3n) is 5.61. The van der Waals surface area contributed by atoms with E-state index in [-0.39, 0.29) is 11.7 Å². The van der Waals surface area contributed by atoms with Gasteiger partial charge in [-0.2, -0.15) is 0 Å². The Kier molecular flexibility index (Phi) is 5.69. The highest BCUT2D eigenvalue weighted by atomic mass is 16.5. The Morgan fingerprint density at radius 2 is 1.63 bits per heavy atom. The summed E-state index contributed by atoms with van der Waals surface area (Å²) in [6, 6.07) is 19.6. The molecule has 2 aliphatic rings. The summed E-state index contributed by atoms with van der Waals surface area (Å²) in [4.78, 5) is 13.1. The number of hydrogen-bond donors (Lipinski definition) is 0. The van der Waals surface area contributed by atoms with E-state index in [0.717, 1.165) is 29.7 Å². The van der Waals surface area contributed by atoms with Crippen molar-refractivity contribution in [1.82, 2.24) is 0 Å². The highest BCUT2D eigenvalue weighted by Crippen LogP contribution is 2.40. The molecule has 4 rings (SSSR count). The second kappa shape index (κ2) is 8.53. The number of hydrogen-bond acceptors (Lipinski definition) is 3. The van der Waals surface area contributed by atoms with Crippen LogP contribution in [-0.2, 0) is 16.1 Å². The largest absolute Gasteiger partial charge is 0.484 e. The van der Waals surface area contributed by atoms with Crippen molar-refractivity contribution in [2.45, 2.75) is 38.4 Å². The lowest BCUT2D eigenvalue weighted by molar-refractivity contribution is -0.00716. The molecular formula is C24H26O3. The van der Waals surface area contributed by atoms with Crippen LogP contribution in [0, 0.1) is 11.8 Å². The van der Waals surface area contributed by atoms with Crippen LogP contribution in [0.1, 0.15) is 41.6 Å². The number of ketones is 1. The van der Waals surface area contributed by atoms with Crippen molar-refractivity contribution in [3.63, 3.8) is 0 Å². The van der Waals surface area contributed by atoms with Gasteiger partial charge in [0.2, 0.25) is 5.78 Å². The van der Waals surface area contributed by atoms with Gasteiger partial charge in [-0.25, -0.2) is 0 Å². The monoisotopic (exact) mass is 362 g/mol. The van der Waals surface area contributed by atoms with Crippen LogP contribution in [0.4, 0.5) is 0 Å². The fourth-order valence-electron chi connectivity index (χ4n) is 4.24. The zero-order valence-corrected chi connectivity index (χ0v) is 15.6. The summed E-state index contributed by atoms with van der Waals surface area (Å²) in [5.74, 6) is 1.61. The van der Waals surface area contributed by atoms with Gasteiger partial charge >= 0.3 is 0 Å². The molecule has 3 atom stereocenters. The van der Waals surface area contributed by atoms with E-state index >= 15 is 0 Å². The van der Waals surface area contributed by atoms with E-state index in [4.69, 9.17) is 9.47 Å².